The van der Waals surface area contributed by atoms with E-state index in [9.17, 15) is 9.59 Å². The molecule has 16 nitrogen and oxygen atoms in total. The number of nitrogens with zero attached hydrogens (tertiary/aromatic N) is 1. The molecule has 0 N–H and O–H groups in total. The SMILES string of the molecule is CCCCCCCCCCCCOCCOCCOCCOCCOCCOCCOCCOCCOCCOCCOCCOCCOCCN1C(=O)c2ccccc2C1=O. The Morgan fingerprint density at radius 2 is 0.532 bits per heavy atom. The summed E-state index contributed by atoms with van der Waals surface area (Å²) in [6, 6.07) is 6.82. The van der Waals surface area contributed by atoms with E-state index < -0.39 is 0 Å². The zero-order valence-corrected chi connectivity index (χ0v) is 38.0. The molecular weight excluding hydrogens is 806 g/mol. The van der Waals surface area contributed by atoms with Crippen LogP contribution in [0.4, 0.5) is 0 Å². The first-order valence-corrected chi connectivity index (χ1v) is 23.2. The number of amides is 2. The van der Waals surface area contributed by atoms with Gasteiger partial charge < -0.3 is 61.6 Å². The Kier molecular flexibility index (Phi) is 39.8. The van der Waals surface area contributed by atoms with Crippen molar-refractivity contribution in [2.24, 2.45) is 0 Å². The molecule has 0 saturated heterocycles. The molecule has 0 unspecified atom stereocenters. The Balaban J connectivity index is 1.13. The van der Waals surface area contributed by atoms with E-state index in [1.807, 2.05) is 0 Å². The number of imide groups is 1. The van der Waals surface area contributed by atoms with Crippen LogP contribution >= 0.6 is 0 Å². The summed E-state index contributed by atoms with van der Waals surface area (Å²) in [7, 11) is 0. The van der Waals surface area contributed by atoms with Crippen molar-refractivity contribution < 1.29 is 71.2 Å². The number of hydrogen-bond donors (Lipinski definition) is 0. The standard InChI is InChI=1S/C46H81NO15/c1-2-3-4-5-6-7-8-9-10-13-17-50-19-21-52-23-25-54-27-29-56-31-33-58-35-37-60-39-41-62-42-40-61-38-36-59-34-32-57-30-28-55-26-24-53-22-20-51-18-16-47-45(48)43-14-11-12-15-44(43)46(47)49/h11-12,14-15H,2-10,13,16-42H2,1H3. The lowest BCUT2D eigenvalue weighted by Gasteiger charge is -2.13. The maximum Gasteiger partial charge on any atom is 0.261 e. The summed E-state index contributed by atoms with van der Waals surface area (Å²) in [5, 5.41) is 0. The maximum atomic E-state index is 12.3. The quantitative estimate of drug-likeness (QED) is 0.0603. The van der Waals surface area contributed by atoms with Crippen LogP contribution in [-0.4, -0.2) is 195 Å². The van der Waals surface area contributed by atoms with Crippen molar-refractivity contribution in [2.45, 2.75) is 71.1 Å². The molecule has 0 atom stereocenters. The van der Waals surface area contributed by atoms with Gasteiger partial charge in [-0.1, -0.05) is 76.8 Å². The minimum atomic E-state index is -0.278. The van der Waals surface area contributed by atoms with Crippen molar-refractivity contribution in [2.75, 3.05) is 178 Å². The second-order valence-electron chi connectivity index (χ2n) is 14.5. The molecule has 62 heavy (non-hydrogen) atoms. The number of hydrogen-bond acceptors (Lipinski definition) is 15. The fourth-order valence-electron chi connectivity index (χ4n) is 6.03. The molecule has 0 aromatic heterocycles. The third-order valence-electron chi connectivity index (χ3n) is 9.44. The molecule has 0 aliphatic carbocycles. The Bertz CT molecular complexity index is 1110. The molecular formula is C46H81NO15. The highest BCUT2D eigenvalue weighted by molar-refractivity contribution is 6.21. The average Bonchev–Trinajstić information content (AvgIpc) is 3.53. The zero-order valence-electron chi connectivity index (χ0n) is 38.0. The van der Waals surface area contributed by atoms with Gasteiger partial charge in [-0.15, -0.1) is 0 Å². The van der Waals surface area contributed by atoms with Gasteiger partial charge in [0.2, 0.25) is 0 Å². The number of rotatable bonds is 50. The Labute approximate surface area is 372 Å². The topological polar surface area (TPSA) is 157 Å². The van der Waals surface area contributed by atoms with Gasteiger partial charge in [-0.05, 0) is 18.6 Å². The normalized spacial score (nSPS) is 12.6. The molecule has 1 aliphatic rings. The van der Waals surface area contributed by atoms with Crippen molar-refractivity contribution >= 4 is 11.8 Å². The van der Waals surface area contributed by atoms with Crippen molar-refractivity contribution in [3.05, 3.63) is 35.4 Å². The molecule has 1 heterocycles. The highest BCUT2D eigenvalue weighted by Crippen LogP contribution is 2.22. The van der Waals surface area contributed by atoms with Crippen LogP contribution < -0.4 is 0 Å². The summed E-state index contributed by atoms with van der Waals surface area (Å²) >= 11 is 0. The molecule has 0 saturated carbocycles. The van der Waals surface area contributed by atoms with Gasteiger partial charge in [0.15, 0.2) is 0 Å². The molecule has 1 aromatic carbocycles. The van der Waals surface area contributed by atoms with Gasteiger partial charge in [-0.25, -0.2) is 0 Å². The van der Waals surface area contributed by atoms with Crippen LogP contribution in [0, 0.1) is 0 Å². The number of benzene rings is 1. The van der Waals surface area contributed by atoms with E-state index in [1.165, 1.54) is 62.7 Å². The second-order valence-corrected chi connectivity index (χ2v) is 14.5. The van der Waals surface area contributed by atoms with Crippen molar-refractivity contribution in [3.8, 4) is 0 Å². The summed E-state index contributed by atoms with van der Waals surface area (Å²) in [6.07, 6.45) is 13.4. The van der Waals surface area contributed by atoms with Gasteiger partial charge in [0, 0.05) is 6.61 Å². The van der Waals surface area contributed by atoms with Crippen LogP contribution in [0.3, 0.4) is 0 Å². The molecule has 360 valence electrons. The number of unbranched alkanes of at least 4 members (excludes halogenated alkanes) is 9. The van der Waals surface area contributed by atoms with Crippen LogP contribution in [0.2, 0.25) is 0 Å². The van der Waals surface area contributed by atoms with E-state index >= 15 is 0 Å². The second kappa shape index (κ2) is 44.1. The average molecular weight is 888 g/mol. The molecule has 0 radical (unpaired) electrons. The van der Waals surface area contributed by atoms with E-state index in [4.69, 9.17) is 61.6 Å². The lowest BCUT2D eigenvalue weighted by Crippen LogP contribution is -2.33. The van der Waals surface area contributed by atoms with Crippen LogP contribution in [0.25, 0.3) is 0 Å². The van der Waals surface area contributed by atoms with E-state index in [2.05, 4.69) is 6.92 Å². The molecule has 16 heteroatoms. The molecule has 2 amide bonds. The first kappa shape index (κ1) is 56.0. The number of carbonyl (C=O) groups excluding carboxylic acids is 2. The lowest BCUT2D eigenvalue weighted by molar-refractivity contribution is -0.0291. The van der Waals surface area contributed by atoms with E-state index in [1.54, 1.807) is 24.3 Å². The van der Waals surface area contributed by atoms with Crippen LogP contribution in [0.5, 0.6) is 0 Å². The number of carbonyl (C=O) groups is 2. The fraction of sp³-hybridized carbons (Fsp3) is 0.826. The predicted molar refractivity (Wildman–Crippen MR) is 234 cm³/mol. The Morgan fingerprint density at radius 1 is 0.306 bits per heavy atom. The summed E-state index contributed by atoms with van der Waals surface area (Å²) in [4.78, 5) is 25.9. The van der Waals surface area contributed by atoms with Gasteiger partial charge in [0.1, 0.15) is 0 Å². The highest BCUT2D eigenvalue weighted by Gasteiger charge is 2.34. The van der Waals surface area contributed by atoms with Crippen LogP contribution in [0.1, 0.15) is 91.8 Å². The first-order valence-electron chi connectivity index (χ1n) is 23.2. The molecule has 1 aromatic rings. The third kappa shape index (κ3) is 32.5. The van der Waals surface area contributed by atoms with Crippen LogP contribution in [0.15, 0.2) is 24.3 Å². The van der Waals surface area contributed by atoms with Crippen molar-refractivity contribution in [1.29, 1.82) is 0 Å². The molecule has 2 rings (SSSR count). The molecule has 0 spiro atoms. The minimum Gasteiger partial charge on any atom is -0.379 e. The number of ether oxygens (including phenoxy) is 13. The van der Waals surface area contributed by atoms with Gasteiger partial charge >= 0.3 is 0 Å². The van der Waals surface area contributed by atoms with Gasteiger partial charge in [-0.3, -0.25) is 14.5 Å². The Morgan fingerprint density at radius 3 is 0.806 bits per heavy atom. The summed E-state index contributed by atoms with van der Waals surface area (Å²) < 4.78 is 71.8. The lowest BCUT2D eigenvalue weighted by atomic mass is 10.1. The smallest absolute Gasteiger partial charge is 0.261 e. The largest absolute Gasteiger partial charge is 0.379 e. The Hall–Kier alpha value is -2.16. The predicted octanol–water partition coefficient (Wildman–Crippen LogP) is 5.42. The van der Waals surface area contributed by atoms with E-state index in [0.29, 0.717) is 170 Å². The molecule has 1 aliphatic heterocycles. The summed E-state index contributed by atoms with van der Waals surface area (Å²) in [5.41, 5.74) is 0.883. The fourth-order valence-corrected chi connectivity index (χ4v) is 6.03. The van der Waals surface area contributed by atoms with E-state index in [0.717, 1.165) is 13.0 Å². The monoisotopic (exact) mass is 888 g/mol. The minimum absolute atomic E-state index is 0.213. The summed E-state index contributed by atoms with van der Waals surface area (Å²) in [5.74, 6) is -0.556. The zero-order chi connectivity index (χ0) is 44.1. The molecule has 0 bridgehead atoms. The number of fused-ring (bicyclic) bond motifs is 1. The summed E-state index contributed by atoms with van der Waals surface area (Å²) in [6.45, 7) is 15.5. The van der Waals surface area contributed by atoms with Gasteiger partial charge in [0.05, 0.1) is 183 Å². The van der Waals surface area contributed by atoms with Crippen molar-refractivity contribution in [3.63, 3.8) is 0 Å². The highest BCUT2D eigenvalue weighted by atomic mass is 16.6. The third-order valence-corrected chi connectivity index (χ3v) is 9.44. The van der Waals surface area contributed by atoms with E-state index in [-0.39, 0.29) is 25.0 Å². The first-order chi connectivity index (χ1) is 30.8. The maximum absolute atomic E-state index is 12.3. The molecule has 0 fully saturated rings. The van der Waals surface area contributed by atoms with Crippen molar-refractivity contribution in [1.82, 2.24) is 4.90 Å². The van der Waals surface area contributed by atoms with Crippen LogP contribution in [-0.2, 0) is 61.6 Å². The van der Waals surface area contributed by atoms with Gasteiger partial charge in [-0.2, -0.15) is 0 Å². The van der Waals surface area contributed by atoms with Gasteiger partial charge in [0.25, 0.3) is 11.8 Å².